The van der Waals surface area contributed by atoms with Crippen LogP contribution in [0.15, 0.2) is 36.4 Å². The highest BCUT2D eigenvalue weighted by molar-refractivity contribution is 7.80. The number of methoxy groups -OCH3 is 2. The van der Waals surface area contributed by atoms with Crippen molar-refractivity contribution in [1.29, 1.82) is 5.26 Å². The van der Waals surface area contributed by atoms with Crippen LogP contribution in [-0.4, -0.2) is 50.7 Å². The molecule has 3 aromatic rings. The molecule has 1 aliphatic heterocycles. The topological polar surface area (TPSA) is 110 Å². The van der Waals surface area contributed by atoms with E-state index in [1.54, 1.807) is 14.2 Å². The van der Waals surface area contributed by atoms with E-state index in [1.807, 2.05) is 36.4 Å². The van der Waals surface area contributed by atoms with Crippen molar-refractivity contribution >= 4 is 34.1 Å². The molecule has 2 heterocycles. The lowest BCUT2D eigenvalue weighted by Crippen LogP contribution is -2.37. The molecular formula is C25H27N5O4S. The Balaban J connectivity index is 1.20. The molecule has 35 heavy (non-hydrogen) atoms. The third-order valence-corrected chi connectivity index (χ3v) is 5.80. The van der Waals surface area contributed by atoms with Crippen molar-refractivity contribution in [3.8, 4) is 29.1 Å². The Morgan fingerprint density at radius 1 is 1.03 bits per heavy atom. The molecule has 2 aromatic carbocycles. The van der Waals surface area contributed by atoms with Crippen LogP contribution >= 0.6 is 12.2 Å². The second-order valence-corrected chi connectivity index (χ2v) is 8.21. The number of aromatic nitrogens is 1. The number of anilines is 1. The van der Waals surface area contributed by atoms with Gasteiger partial charge >= 0.3 is 0 Å². The number of hydrogen-bond acceptors (Lipinski definition) is 8. The third kappa shape index (κ3) is 5.94. The Labute approximate surface area is 209 Å². The van der Waals surface area contributed by atoms with Crippen molar-refractivity contribution in [3.63, 3.8) is 0 Å². The molecule has 4 rings (SSSR count). The van der Waals surface area contributed by atoms with Gasteiger partial charge in [0.2, 0.25) is 6.79 Å². The molecule has 1 aliphatic rings. The maximum atomic E-state index is 9.53. The highest BCUT2D eigenvalue weighted by atomic mass is 32.1. The molecule has 0 saturated heterocycles. The molecule has 0 atom stereocenters. The Bertz CT molecular complexity index is 1260. The summed E-state index contributed by atoms with van der Waals surface area (Å²) in [5.41, 5.74) is 2.35. The average molecular weight is 494 g/mol. The summed E-state index contributed by atoms with van der Waals surface area (Å²) in [5, 5.41) is 20.6. The van der Waals surface area contributed by atoms with Crippen LogP contribution in [0.1, 0.15) is 17.5 Å². The van der Waals surface area contributed by atoms with Gasteiger partial charge in [-0.3, -0.25) is 0 Å². The van der Waals surface area contributed by atoms with Crippen LogP contribution < -0.4 is 34.9 Å². The zero-order chi connectivity index (χ0) is 24.6. The Morgan fingerprint density at radius 2 is 1.80 bits per heavy atom. The first-order valence-corrected chi connectivity index (χ1v) is 11.6. The van der Waals surface area contributed by atoms with Gasteiger partial charge in [-0.15, -0.1) is 0 Å². The Morgan fingerprint density at radius 3 is 2.57 bits per heavy atom. The Hall–Kier alpha value is -3.97. The summed E-state index contributed by atoms with van der Waals surface area (Å²) in [5.74, 6) is 3.31. The molecule has 9 nitrogen and oxygen atoms in total. The summed E-state index contributed by atoms with van der Waals surface area (Å²) < 4.78 is 21.4. The minimum Gasteiger partial charge on any atom is -0.493 e. The number of nitriles is 1. The van der Waals surface area contributed by atoms with Crippen LogP contribution in [0.4, 0.5) is 5.82 Å². The second-order valence-electron chi connectivity index (χ2n) is 7.80. The molecule has 0 aliphatic carbocycles. The number of thiocarbonyl (C=S) groups is 1. The van der Waals surface area contributed by atoms with Crippen molar-refractivity contribution in [2.45, 2.75) is 12.8 Å². The number of rotatable bonds is 10. The molecule has 1 aromatic heterocycles. The van der Waals surface area contributed by atoms with Gasteiger partial charge in [-0.2, -0.15) is 5.26 Å². The first-order chi connectivity index (χ1) is 17.1. The number of nitrogens with zero attached hydrogens (tertiary/aromatic N) is 2. The smallest absolute Gasteiger partial charge is 0.231 e. The number of hydrogen-bond donors (Lipinski definition) is 3. The van der Waals surface area contributed by atoms with Crippen molar-refractivity contribution in [2.75, 3.05) is 46.0 Å². The van der Waals surface area contributed by atoms with E-state index >= 15 is 0 Å². The van der Waals surface area contributed by atoms with Crippen LogP contribution in [0.5, 0.6) is 23.0 Å². The van der Waals surface area contributed by atoms with Gasteiger partial charge in [-0.25, -0.2) is 4.98 Å². The van der Waals surface area contributed by atoms with Crippen molar-refractivity contribution in [2.24, 2.45) is 0 Å². The molecule has 0 amide bonds. The van der Waals surface area contributed by atoms with Gasteiger partial charge < -0.3 is 34.9 Å². The number of ether oxygens (including phenoxy) is 4. The summed E-state index contributed by atoms with van der Waals surface area (Å²) in [4.78, 5) is 4.60. The average Bonchev–Trinajstić information content (AvgIpc) is 3.33. The van der Waals surface area contributed by atoms with Crippen LogP contribution in [0.25, 0.3) is 10.9 Å². The quantitative estimate of drug-likeness (QED) is 0.287. The summed E-state index contributed by atoms with van der Waals surface area (Å²) in [6.07, 6.45) is 1.60. The maximum absolute atomic E-state index is 9.53. The fourth-order valence-corrected chi connectivity index (χ4v) is 3.90. The minimum atomic E-state index is 0.196. The lowest BCUT2D eigenvalue weighted by molar-refractivity contribution is 0.174. The molecule has 0 spiro atoms. The summed E-state index contributed by atoms with van der Waals surface area (Å²) >= 11 is 5.37. The van der Waals surface area contributed by atoms with Gasteiger partial charge in [0.05, 0.1) is 25.3 Å². The third-order valence-electron chi connectivity index (χ3n) is 5.51. The van der Waals surface area contributed by atoms with Gasteiger partial charge in [0.1, 0.15) is 11.9 Å². The van der Waals surface area contributed by atoms with E-state index in [9.17, 15) is 5.26 Å². The molecule has 0 saturated carbocycles. The maximum Gasteiger partial charge on any atom is 0.231 e. The molecule has 3 N–H and O–H groups in total. The fraction of sp³-hybridized carbons (Fsp3) is 0.320. The SMILES string of the molecule is COc1ccc(CCNC(=S)NCCCNc2nc3cc4c(cc3cc2C#N)OCO4)cc1OC. The molecule has 10 heteroatoms. The lowest BCUT2D eigenvalue weighted by atomic mass is 10.1. The van der Waals surface area contributed by atoms with E-state index in [2.05, 4.69) is 27.0 Å². The predicted molar refractivity (Wildman–Crippen MR) is 138 cm³/mol. The summed E-state index contributed by atoms with van der Waals surface area (Å²) in [6, 6.07) is 13.6. The fourth-order valence-electron chi connectivity index (χ4n) is 3.70. The van der Waals surface area contributed by atoms with E-state index in [1.165, 1.54) is 0 Å². The van der Waals surface area contributed by atoms with Crippen LogP contribution in [0, 0.1) is 11.3 Å². The van der Waals surface area contributed by atoms with Crippen LogP contribution in [-0.2, 0) is 6.42 Å². The summed E-state index contributed by atoms with van der Waals surface area (Å²) in [7, 11) is 3.25. The van der Waals surface area contributed by atoms with E-state index in [0.717, 1.165) is 29.3 Å². The van der Waals surface area contributed by atoms with Crippen LogP contribution in [0.2, 0.25) is 0 Å². The van der Waals surface area contributed by atoms with Crippen molar-refractivity contribution < 1.29 is 18.9 Å². The van der Waals surface area contributed by atoms with E-state index < -0.39 is 0 Å². The molecule has 0 radical (unpaired) electrons. The highest BCUT2D eigenvalue weighted by Crippen LogP contribution is 2.36. The van der Waals surface area contributed by atoms with Crippen molar-refractivity contribution in [1.82, 2.24) is 15.6 Å². The highest BCUT2D eigenvalue weighted by Gasteiger charge is 2.16. The monoisotopic (exact) mass is 493 g/mol. The molecule has 0 fully saturated rings. The molecule has 0 unspecified atom stereocenters. The van der Waals surface area contributed by atoms with Gasteiger partial charge in [-0.05, 0) is 54.9 Å². The van der Waals surface area contributed by atoms with E-state index in [0.29, 0.717) is 59.1 Å². The predicted octanol–water partition coefficient (Wildman–Crippen LogP) is 3.36. The zero-order valence-electron chi connectivity index (χ0n) is 19.6. The number of nitrogens with one attached hydrogen (secondary N) is 3. The summed E-state index contributed by atoms with van der Waals surface area (Å²) in [6.45, 7) is 2.22. The normalized spacial score (nSPS) is 11.6. The molecule has 182 valence electrons. The van der Waals surface area contributed by atoms with Gasteiger partial charge in [-0.1, -0.05) is 6.07 Å². The second kappa shape index (κ2) is 11.4. The van der Waals surface area contributed by atoms with Crippen LogP contribution in [0.3, 0.4) is 0 Å². The number of pyridine rings is 1. The van der Waals surface area contributed by atoms with Gasteiger partial charge in [0, 0.05) is 31.1 Å². The van der Waals surface area contributed by atoms with E-state index in [4.69, 9.17) is 31.2 Å². The first-order valence-electron chi connectivity index (χ1n) is 11.2. The number of benzene rings is 2. The standard InChI is InChI=1S/C25H27N5O4S/c1-31-20-5-4-16(10-21(20)32-2)6-9-29-25(35)28-8-3-7-27-24-18(14-26)11-17-12-22-23(34-15-33-22)13-19(17)30-24/h4-5,10-13H,3,6-9,15H2,1-2H3,(H,27,30)(H2,28,29,35). The van der Waals surface area contributed by atoms with E-state index in [-0.39, 0.29) is 6.79 Å². The minimum absolute atomic E-state index is 0.196. The number of fused-ring (bicyclic) bond motifs is 2. The lowest BCUT2D eigenvalue weighted by Gasteiger charge is -2.13. The Kier molecular flexibility index (Phi) is 7.90. The molecule has 0 bridgehead atoms. The van der Waals surface area contributed by atoms with Gasteiger partial charge in [0.15, 0.2) is 28.1 Å². The molecular weight excluding hydrogens is 466 g/mol. The van der Waals surface area contributed by atoms with Gasteiger partial charge in [0.25, 0.3) is 0 Å². The largest absolute Gasteiger partial charge is 0.493 e. The first kappa shape index (κ1) is 24.2. The zero-order valence-corrected chi connectivity index (χ0v) is 20.5. The van der Waals surface area contributed by atoms with Crippen molar-refractivity contribution in [3.05, 3.63) is 47.5 Å².